The first-order valence-corrected chi connectivity index (χ1v) is 8.19. The summed E-state index contributed by atoms with van der Waals surface area (Å²) in [5.41, 5.74) is 0. The van der Waals surface area contributed by atoms with Crippen LogP contribution in [0.2, 0.25) is 0 Å². The number of hydrogen-bond acceptors (Lipinski definition) is 7. The van der Waals surface area contributed by atoms with Crippen LogP contribution in [0.15, 0.2) is 17.8 Å². The highest BCUT2D eigenvalue weighted by Crippen LogP contribution is 2.20. The van der Waals surface area contributed by atoms with Gasteiger partial charge < -0.3 is 5.32 Å². The first-order chi connectivity index (χ1) is 10.2. The van der Waals surface area contributed by atoms with Gasteiger partial charge in [0.1, 0.15) is 12.7 Å². The molecule has 0 aliphatic carbocycles. The lowest BCUT2D eigenvalue weighted by molar-refractivity contribution is 0.635. The highest BCUT2D eigenvalue weighted by atomic mass is 32.2. The van der Waals surface area contributed by atoms with Crippen molar-refractivity contribution in [3.63, 3.8) is 0 Å². The predicted molar refractivity (Wildman–Crippen MR) is 83.7 cm³/mol. The van der Waals surface area contributed by atoms with E-state index in [0.717, 1.165) is 30.3 Å². The molecule has 0 saturated heterocycles. The van der Waals surface area contributed by atoms with E-state index in [1.165, 1.54) is 6.33 Å². The summed E-state index contributed by atoms with van der Waals surface area (Å²) in [6.07, 6.45) is 5.21. The molecule has 0 radical (unpaired) electrons. The van der Waals surface area contributed by atoms with E-state index < -0.39 is 0 Å². The van der Waals surface area contributed by atoms with Crippen molar-refractivity contribution < 1.29 is 0 Å². The monoisotopic (exact) mass is 307 g/mol. The highest BCUT2D eigenvalue weighted by Gasteiger charge is 2.10. The highest BCUT2D eigenvalue weighted by molar-refractivity contribution is 7.99. The van der Waals surface area contributed by atoms with Gasteiger partial charge in [-0.1, -0.05) is 39.0 Å². The largest absolute Gasteiger partial charge is 0.354 e. The molecule has 0 fully saturated rings. The van der Waals surface area contributed by atoms with E-state index in [0.29, 0.717) is 17.8 Å². The lowest BCUT2D eigenvalue weighted by atomic mass is 10.2. The van der Waals surface area contributed by atoms with E-state index >= 15 is 0 Å². The average Bonchev–Trinajstić information content (AvgIpc) is 3.04. The van der Waals surface area contributed by atoms with Crippen molar-refractivity contribution in [3.8, 4) is 5.95 Å². The Morgan fingerprint density at radius 3 is 2.81 bits per heavy atom. The lowest BCUT2D eigenvalue weighted by Crippen LogP contribution is -2.11. The Morgan fingerprint density at radius 1 is 1.29 bits per heavy atom. The van der Waals surface area contributed by atoms with Gasteiger partial charge in [0, 0.05) is 12.3 Å². The Hall–Kier alpha value is -1.70. The molecule has 1 unspecified atom stereocenters. The maximum atomic E-state index is 4.46. The Kier molecular flexibility index (Phi) is 5.91. The van der Waals surface area contributed by atoms with Crippen LogP contribution in [-0.4, -0.2) is 42.0 Å². The van der Waals surface area contributed by atoms with Crippen LogP contribution in [0.3, 0.4) is 0 Å². The molecule has 2 rings (SSSR count). The summed E-state index contributed by atoms with van der Waals surface area (Å²) in [7, 11) is 0. The van der Waals surface area contributed by atoms with E-state index in [9.17, 15) is 0 Å². The molecule has 0 aromatic carbocycles. The second-order valence-electron chi connectivity index (χ2n) is 4.83. The molecule has 0 aliphatic heterocycles. The van der Waals surface area contributed by atoms with Gasteiger partial charge in [0.2, 0.25) is 5.95 Å². The van der Waals surface area contributed by atoms with Gasteiger partial charge in [0.15, 0.2) is 5.16 Å². The molecule has 1 N–H and O–H groups in total. The zero-order chi connectivity index (χ0) is 15.1. The number of rotatable bonds is 8. The summed E-state index contributed by atoms with van der Waals surface area (Å²) in [5.74, 6) is 2.70. The first kappa shape index (κ1) is 15.7. The minimum absolute atomic E-state index is 0.493. The summed E-state index contributed by atoms with van der Waals surface area (Å²) in [5, 5.41) is 7.99. The van der Waals surface area contributed by atoms with Gasteiger partial charge >= 0.3 is 0 Å². The Labute approximate surface area is 129 Å². The van der Waals surface area contributed by atoms with E-state index in [1.54, 1.807) is 22.8 Å². The summed E-state index contributed by atoms with van der Waals surface area (Å²) in [6, 6.07) is 0. The predicted octanol–water partition coefficient (Wildman–Crippen LogP) is 2.41. The maximum Gasteiger partial charge on any atom is 0.257 e. The van der Waals surface area contributed by atoms with Crippen molar-refractivity contribution >= 4 is 17.7 Å². The molecule has 2 heterocycles. The standard InChI is InChI=1S/C13H21N7S/c1-4-6-15-11-17-12(20-9-14-8-16-20)19-13(18-11)21-7-10(3)5-2/h8-10H,4-7H2,1-3H3,(H,15,17,18,19). The molecule has 0 spiro atoms. The lowest BCUT2D eigenvalue weighted by Gasteiger charge is -2.09. The minimum Gasteiger partial charge on any atom is -0.354 e. The number of thioether (sulfide) groups is 1. The fraction of sp³-hybridized carbons (Fsp3) is 0.615. The SMILES string of the molecule is CCCNc1nc(SCC(C)CC)nc(-n2cncn2)n1. The molecule has 2 aromatic rings. The Balaban J connectivity index is 2.20. The number of anilines is 1. The van der Waals surface area contributed by atoms with Gasteiger partial charge in [-0.25, -0.2) is 4.98 Å². The second kappa shape index (κ2) is 7.92. The summed E-state index contributed by atoms with van der Waals surface area (Å²) < 4.78 is 1.55. The van der Waals surface area contributed by atoms with Crippen molar-refractivity contribution in [1.82, 2.24) is 29.7 Å². The van der Waals surface area contributed by atoms with Gasteiger partial charge in [-0.3, -0.25) is 0 Å². The van der Waals surface area contributed by atoms with Crippen LogP contribution in [0.5, 0.6) is 0 Å². The molecular weight excluding hydrogens is 286 g/mol. The van der Waals surface area contributed by atoms with Gasteiger partial charge in [0.05, 0.1) is 0 Å². The second-order valence-corrected chi connectivity index (χ2v) is 5.82. The quantitative estimate of drug-likeness (QED) is 0.750. The number of hydrogen-bond donors (Lipinski definition) is 1. The topological polar surface area (TPSA) is 81.4 Å². The third kappa shape index (κ3) is 4.66. The van der Waals surface area contributed by atoms with Crippen LogP contribution in [0.4, 0.5) is 5.95 Å². The van der Waals surface area contributed by atoms with Crippen molar-refractivity contribution in [1.29, 1.82) is 0 Å². The maximum absolute atomic E-state index is 4.46. The van der Waals surface area contributed by atoms with Crippen LogP contribution >= 0.6 is 11.8 Å². The van der Waals surface area contributed by atoms with Gasteiger partial charge in [-0.05, 0) is 12.3 Å². The van der Waals surface area contributed by atoms with Crippen LogP contribution in [0.25, 0.3) is 5.95 Å². The molecule has 21 heavy (non-hydrogen) atoms. The normalized spacial score (nSPS) is 12.3. The zero-order valence-electron chi connectivity index (χ0n) is 12.7. The Bertz CT molecular complexity index is 543. The molecule has 0 amide bonds. The molecule has 7 nitrogen and oxygen atoms in total. The van der Waals surface area contributed by atoms with Crippen LogP contribution in [-0.2, 0) is 0 Å². The molecule has 114 valence electrons. The summed E-state index contributed by atoms with van der Waals surface area (Å²) in [6.45, 7) is 7.35. The molecular formula is C13H21N7S. The van der Waals surface area contributed by atoms with E-state index in [-0.39, 0.29) is 0 Å². The molecule has 1 atom stereocenters. The number of nitrogens with zero attached hydrogens (tertiary/aromatic N) is 6. The third-order valence-electron chi connectivity index (χ3n) is 2.95. The van der Waals surface area contributed by atoms with E-state index in [4.69, 9.17) is 0 Å². The van der Waals surface area contributed by atoms with Crippen molar-refractivity contribution in [3.05, 3.63) is 12.7 Å². The first-order valence-electron chi connectivity index (χ1n) is 7.20. The fourth-order valence-corrected chi connectivity index (χ4v) is 2.44. The number of nitrogens with one attached hydrogen (secondary N) is 1. The third-order valence-corrected chi connectivity index (χ3v) is 4.13. The minimum atomic E-state index is 0.493. The van der Waals surface area contributed by atoms with Crippen LogP contribution < -0.4 is 5.32 Å². The van der Waals surface area contributed by atoms with Crippen molar-refractivity contribution in [2.75, 3.05) is 17.6 Å². The van der Waals surface area contributed by atoms with E-state index in [2.05, 4.69) is 51.1 Å². The molecule has 0 saturated carbocycles. The van der Waals surface area contributed by atoms with Gasteiger partial charge in [-0.2, -0.15) is 24.7 Å². The number of aromatic nitrogens is 6. The zero-order valence-corrected chi connectivity index (χ0v) is 13.5. The summed E-state index contributed by atoms with van der Waals surface area (Å²) >= 11 is 1.65. The molecule has 2 aromatic heterocycles. The fourth-order valence-electron chi connectivity index (χ4n) is 1.47. The molecule has 8 heteroatoms. The smallest absolute Gasteiger partial charge is 0.257 e. The molecule has 0 bridgehead atoms. The van der Waals surface area contributed by atoms with Gasteiger partial charge in [0.25, 0.3) is 5.95 Å². The van der Waals surface area contributed by atoms with Crippen molar-refractivity contribution in [2.45, 2.75) is 38.8 Å². The van der Waals surface area contributed by atoms with Crippen LogP contribution in [0.1, 0.15) is 33.6 Å². The van der Waals surface area contributed by atoms with Crippen LogP contribution in [0, 0.1) is 5.92 Å². The summed E-state index contributed by atoms with van der Waals surface area (Å²) in [4.78, 5) is 17.2. The Morgan fingerprint density at radius 2 is 2.14 bits per heavy atom. The molecule has 0 aliphatic rings. The average molecular weight is 307 g/mol. The van der Waals surface area contributed by atoms with Crippen molar-refractivity contribution in [2.24, 2.45) is 5.92 Å². The van der Waals surface area contributed by atoms with E-state index in [1.807, 2.05) is 0 Å². The van der Waals surface area contributed by atoms with Gasteiger partial charge in [-0.15, -0.1) is 0 Å².